The van der Waals surface area contributed by atoms with E-state index >= 15 is 0 Å². The Morgan fingerprint density at radius 2 is 0.905 bits per heavy atom. The predicted octanol–water partition coefficient (Wildman–Crippen LogP) is -0.134. The normalized spacial score (nSPS) is 23.7. The van der Waals surface area contributed by atoms with Crippen LogP contribution in [0.4, 0.5) is 0 Å². The van der Waals surface area contributed by atoms with E-state index in [-0.39, 0.29) is 0 Å². The van der Waals surface area contributed by atoms with E-state index in [4.69, 9.17) is 5.32 Å². The molecule has 0 bridgehead atoms. The van der Waals surface area contributed by atoms with Crippen molar-refractivity contribution in [1.29, 1.82) is 0 Å². The topological polar surface area (TPSA) is 27.1 Å². The second-order valence-corrected chi connectivity index (χ2v) is 6.22. The zero-order chi connectivity index (χ0) is 14.9. The third kappa shape index (κ3) is 6.20. The first-order valence-corrected chi connectivity index (χ1v) is 8.84. The van der Waals surface area contributed by atoms with Gasteiger partial charge in [0.1, 0.15) is 0 Å². The smallest absolute Gasteiger partial charge is 0.0261 e. The molecular weight excluding hydrogens is 262 g/mol. The van der Waals surface area contributed by atoms with Crippen molar-refractivity contribution in [3.05, 3.63) is 0 Å². The molecule has 0 aromatic carbocycles. The molecule has 0 aromatic rings. The largest absolute Gasteiger partial charge is 0.301 e. The molecule has 5 heteroatoms. The fraction of sp³-hybridized carbons (Fsp3) is 1.00. The molecule has 0 aliphatic carbocycles. The molecule has 0 saturated carbocycles. The van der Waals surface area contributed by atoms with Gasteiger partial charge in [-0.2, -0.15) is 0 Å². The molecule has 2 aliphatic rings. The monoisotopic (exact) mass is 296 g/mol. The van der Waals surface area contributed by atoms with Gasteiger partial charge in [-0.3, -0.25) is 9.80 Å². The Balaban J connectivity index is 1.44. The van der Waals surface area contributed by atoms with Gasteiger partial charge in [0, 0.05) is 78.5 Å². The lowest BCUT2D eigenvalue weighted by Gasteiger charge is -2.34. The number of piperazine rings is 2. The summed E-state index contributed by atoms with van der Waals surface area (Å²) in [5, 5.41) is 4.73. The average Bonchev–Trinajstić information content (AvgIpc) is 2.55. The van der Waals surface area contributed by atoms with E-state index in [1.165, 1.54) is 65.4 Å². The second kappa shape index (κ2) is 9.74. The Bertz CT molecular complexity index is 231. The minimum atomic E-state index is 1.01. The molecule has 2 heterocycles. The van der Waals surface area contributed by atoms with Gasteiger partial charge >= 0.3 is 0 Å². The Labute approximate surface area is 131 Å². The summed E-state index contributed by atoms with van der Waals surface area (Å²) in [6, 6.07) is 0. The maximum absolute atomic E-state index is 4.73. The molecule has 5 nitrogen and oxygen atoms in total. The quantitative estimate of drug-likeness (QED) is 0.583. The zero-order valence-electron chi connectivity index (χ0n) is 14.1. The lowest BCUT2D eigenvalue weighted by atomic mass is 10.3. The van der Waals surface area contributed by atoms with Gasteiger partial charge < -0.3 is 9.80 Å². The Morgan fingerprint density at radius 1 is 0.571 bits per heavy atom. The van der Waals surface area contributed by atoms with Crippen LogP contribution in [0.5, 0.6) is 0 Å². The SMILES string of the molecule is CCN1CCN(CC[N]CCN2CCN(CC)CC2)CC1. The van der Waals surface area contributed by atoms with Crippen molar-refractivity contribution in [3.8, 4) is 0 Å². The van der Waals surface area contributed by atoms with Gasteiger partial charge in [-0.05, 0) is 13.1 Å². The minimum Gasteiger partial charge on any atom is -0.301 e. The van der Waals surface area contributed by atoms with E-state index in [1.807, 2.05) is 0 Å². The lowest BCUT2D eigenvalue weighted by molar-refractivity contribution is 0.131. The third-order valence-corrected chi connectivity index (χ3v) is 4.97. The first-order chi connectivity index (χ1) is 10.3. The van der Waals surface area contributed by atoms with Crippen molar-refractivity contribution in [3.63, 3.8) is 0 Å². The molecule has 2 aliphatic heterocycles. The first-order valence-electron chi connectivity index (χ1n) is 8.84. The summed E-state index contributed by atoms with van der Waals surface area (Å²) in [6.07, 6.45) is 0. The number of nitrogens with zero attached hydrogens (tertiary/aromatic N) is 5. The van der Waals surface area contributed by atoms with E-state index in [2.05, 4.69) is 33.4 Å². The Hall–Kier alpha value is -0.200. The van der Waals surface area contributed by atoms with Crippen LogP contribution < -0.4 is 5.32 Å². The molecule has 2 fully saturated rings. The van der Waals surface area contributed by atoms with Gasteiger partial charge in [0.15, 0.2) is 0 Å². The highest BCUT2D eigenvalue weighted by atomic mass is 15.3. The van der Waals surface area contributed by atoms with Gasteiger partial charge in [-0.25, -0.2) is 5.32 Å². The highest BCUT2D eigenvalue weighted by molar-refractivity contribution is 4.73. The summed E-state index contributed by atoms with van der Waals surface area (Å²) >= 11 is 0. The molecule has 123 valence electrons. The van der Waals surface area contributed by atoms with Crippen LogP contribution in [0.3, 0.4) is 0 Å². The molecule has 0 amide bonds. The van der Waals surface area contributed by atoms with E-state index in [1.54, 1.807) is 0 Å². The van der Waals surface area contributed by atoms with Crippen molar-refractivity contribution in [2.75, 3.05) is 91.6 Å². The molecule has 21 heavy (non-hydrogen) atoms. The molecule has 0 aromatic heterocycles. The van der Waals surface area contributed by atoms with Crippen LogP contribution in [0, 0.1) is 0 Å². The van der Waals surface area contributed by atoms with Crippen LogP contribution >= 0.6 is 0 Å². The molecule has 2 saturated heterocycles. The minimum absolute atomic E-state index is 1.01. The zero-order valence-corrected chi connectivity index (χ0v) is 14.1. The lowest BCUT2D eigenvalue weighted by Crippen LogP contribution is -2.48. The summed E-state index contributed by atoms with van der Waals surface area (Å²) < 4.78 is 0. The molecule has 0 N–H and O–H groups in total. The van der Waals surface area contributed by atoms with Crippen LogP contribution in [-0.4, -0.2) is 111 Å². The third-order valence-electron chi connectivity index (χ3n) is 4.97. The Morgan fingerprint density at radius 3 is 1.24 bits per heavy atom. The van der Waals surface area contributed by atoms with Gasteiger partial charge in [-0.15, -0.1) is 0 Å². The van der Waals surface area contributed by atoms with Crippen LogP contribution in [0.1, 0.15) is 13.8 Å². The summed E-state index contributed by atoms with van der Waals surface area (Å²) in [5.74, 6) is 0. The van der Waals surface area contributed by atoms with Crippen molar-refractivity contribution in [1.82, 2.24) is 24.9 Å². The fourth-order valence-corrected chi connectivity index (χ4v) is 3.19. The van der Waals surface area contributed by atoms with E-state index < -0.39 is 0 Å². The van der Waals surface area contributed by atoms with Crippen LogP contribution in [0.2, 0.25) is 0 Å². The summed E-state index contributed by atoms with van der Waals surface area (Å²) in [6.45, 7) is 21.1. The highest BCUT2D eigenvalue weighted by Crippen LogP contribution is 2.01. The van der Waals surface area contributed by atoms with Crippen molar-refractivity contribution in [2.45, 2.75) is 13.8 Å². The number of hydrogen-bond donors (Lipinski definition) is 0. The molecule has 1 radical (unpaired) electrons. The van der Waals surface area contributed by atoms with Crippen molar-refractivity contribution in [2.24, 2.45) is 0 Å². The van der Waals surface area contributed by atoms with Gasteiger partial charge in [0.05, 0.1) is 0 Å². The number of hydrogen-bond acceptors (Lipinski definition) is 4. The molecule has 0 unspecified atom stereocenters. The molecule has 2 rings (SSSR count). The van der Waals surface area contributed by atoms with E-state index in [0.29, 0.717) is 0 Å². The molecule has 0 spiro atoms. The predicted molar refractivity (Wildman–Crippen MR) is 89.0 cm³/mol. The summed E-state index contributed by atoms with van der Waals surface area (Å²) in [4.78, 5) is 10.2. The molecular formula is C16H34N5. The van der Waals surface area contributed by atoms with Crippen LogP contribution in [0.25, 0.3) is 0 Å². The average molecular weight is 296 g/mol. The number of likely N-dealkylation sites (N-methyl/N-ethyl adjacent to an activating group) is 2. The number of rotatable bonds is 8. The fourth-order valence-electron chi connectivity index (χ4n) is 3.19. The maximum atomic E-state index is 4.73. The second-order valence-electron chi connectivity index (χ2n) is 6.22. The molecule has 0 atom stereocenters. The van der Waals surface area contributed by atoms with Crippen molar-refractivity contribution < 1.29 is 0 Å². The van der Waals surface area contributed by atoms with Gasteiger partial charge in [-0.1, -0.05) is 13.8 Å². The Kier molecular flexibility index (Phi) is 7.96. The van der Waals surface area contributed by atoms with Crippen molar-refractivity contribution >= 4 is 0 Å². The summed E-state index contributed by atoms with van der Waals surface area (Å²) in [7, 11) is 0. The maximum Gasteiger partial charge on any atom is 0.0261 e. The van der Waals surface area contributed by atoms with Gasteiger partial charge in [0.2, 0.25) is 0 Å². The van der Waals surface area contributed by atoms with Gasteiger partial charge in [0.25, 0.3) is 0 Å². The van der Waals surface area contributed by atoms with Crippen LogP contribution in [-0.2, 0) is 0 Å². The van der Waals surface area contributed by atoms with E-state index in [0.717, 1.165) is 26.2 Å². The van der Waals surface area contributed by atoms with Crippen LogP contribution in [0.15, 0.2) is 0 Å². The highest BCUT2D eigenvalue weighted by Gasteiger charge is 2.16. The standard InChI is InChI=1S/C16H34N5/c1-3-18-9-13-20(14-10-18)7-5-17-6-8-21-15-11-19(4-2)12-16-21/h3-16H2,1-2H3. The first kappa shape index (κ1) is 17.2. The van der Waals surface area contributed by atoms with E-state index in [9.17, 15) is 0 Å². The summed E-state index contributed by atoms with van der Waals surface area (Å²) in [5.41, 5.74) is 0.